The highest BCUT2D eigenvalue weighted by Crippen LogP contribution is 2.24. The number of amides is 1. The van der Waals surface area contributed by atoms with Crippen molar-refractivity contribution in [2.45, 2.75) is 31.6 Å². The standard InChI is InChI=1S/C22H28ClFN4O3S/c1-6-11-27(21(29)31-13-7-2)15-19(26-32(30)22(3,4)5)20-25-10-12-28(20)16-8-9-18(24)17(23)14-16/h6-10,12,14,19,26H,1-2,11,13,15H2,3-5H3/t19-,32?/m0/s1. The number of carbonyl (C=O) groups is 1. The zero-order valence-corrected chi connectivity index (χ0v) is 20.0. The lowest BCUT2D eigenvalue weighted by Gasteiger charge is -2.29. The van der Waals surface area contributed by atoms with E-state index in [2.05, 4.69) is 22.9 Å². The second-order valence-electron chi connectivity index (χ2n) is 7.86. The van der Waals surface area contributed by atoms with E-state index in [1.54, 1.807) is 29.1 Å². The van der Waals surface area contributed by atoms with Crippen molar-refractivity contribution < 1.29 is 18.1 Å². The first kappa shape index (κ1) is 25.8. The fraction of sp³-hybridized carbons (Fsp3) is 0.364. The summed E-state index contributed by atoms with van der Waals surface area (Å²) in [7, 11) is -1.47. The van der Waals surface area contributed by atoms with E-state index in [1.165, 1.54) is 23.1 Å². The smallest absolute Gasteiger partial charge is 0.410 e. The number of aromatic nitrogens is 2. The Morgan fingerprint density at radius 2 is 2.12 bits per heavy atom. The van der Waals surface area contributed by atoms with Crippen LogP contribution in [0.1, 0.15) is 32.6 Å². The van der Waals surface area contributed by atoms with Gasteiger partial charge < -0.3 is 14.2 Å². The molecule has 2 aromatic rings. The van der Waals surface area contributed by atoms with Gasteiger partial charge in [0, 0.05) is 31.2 Å². The number of nitrogens with one attached hydrogen (secondary N) is 1. The zero-order valence-electron chi connectivity index (χ0n) is 18.4. The summed E-state index contributed by atoms with van der Waals surface area (Å²) in [4.78, 5) is 18.4. The van der Waals surface area contributed by atoms with Gasteiger partial charge in [0.25, 0.3) is 0 Å². The van der Waals surface area contributed by atoms with Crippen LogP contribution in [-0.2, 0) is 15.7 Å². The molecule has 0 aliphatic carbocycles. The van der Waals surface area contributed by atoms with Crippen molar-refractivity contribution in [3.05, 3.63) is 72.6 Å². The molecule has 7 nitrogen and oxygen atoms in total. The van der Waals surface area contributed by atoms with Gasteiger partial charge in [0.05, 0.1) is 26.8 Å². The number of benzene rings is 1. The molecule has 0 aliphatic heterocycles. The Hall–Kier alpha value is -2.49. The highest BCUT2D eigenvalue weighted by Gasteiger charge is 2.29. The predicted octanol–water partition coefficient (Wildman–Crippen LogP) is 4.57. The summed E-state index contributed by atoms with van der Waals surface area (Å²) in [5.74, 6) is -0.0708. The van der Waals surface area contributed by atoms with Crippen molar-refractivity contribution >= 4 is 28.7 Å². The first-order valence-corrected chi connectivity index (χ1v) is 11.4. The zero-order chi connectivity index (χ0) is 23.9. The Morgan fingerprint density at radius 1 is 1.41 bits per heavy atom. The largest absolute Gasteiger partial charge is 0.445 e. The summed E-state index contributed by atoms with van der Waals surface area (Å²) in [6.07, 6.45) is 5.72. The lowest BCUT2D eigenvalue weighted by Crippen LogP contribution is -2.44. The van der Waals surface area contributed by atoms with Crippen LogP contribution in [0.25, 0.3) is 5.69 Å². The van der Waals surface area contributed by atoms with Gasteiger partial charge in [-0.1, -0.05) is 30.3 Å². The van der Waals surface area contributed by atoms with Crippen molar-refractivity contribution in [2.24, 2.45) is 0 Å². The topological polar surface area (TPSA) is 76.5 Å². The normalized spacial score (nSPS) is 13.3. The van der Waals surface area contributed by atoms with Crippen molar-refractivity contribution in [1.82, 2.24) is 19.2 Å². The molecule has 0 fully saturated rings. The van der Waals surface area contributed by atoms with E-state index in [1.807, 2.05) is 20.8 Å². The molecule has 10 heteroatoms. The van der Waals surface area contributed by atoms with Crippen LogP contribution in [0.15, 0.2) is 55.9 Å². The molecule has 0 radical (unpaired) electrons. The average molecular weight is 483 g/mol. The monoisotopic (exact) mass is 482 g/mol. The molecule has 2 rings (SSSR count). The minimum Gasteiger partial charge on any atom is -0.445 e. The molecule has 1 heterocycles. The number of carbonyl (C=O) groups excluding carboxylic acids is 1. The Bertz CT molecular complexity index is 990. The molecule has 174 valence electrons. The van der Waals surface area contributed by atoms with E-state index in [-0.39, 0.29) is 24.7 Å². The summed E-state index contributed by atoms with van der Waals surface area (Å²) in [6, 6.07) is 3.64. The van der Waals surface area contributed by atoms with Gasteiger partial charge in [-0.25, -0.2) is 23.1 Å². The third-order valence-corrected chi connectivity index (χ3v) is 6.20. The Kier molecular flexibility index (Phi) is 9.18. The summed E-state index contributed by atoms with van der Waals surface area (Å²) in [6.45, 7) is 13.1. The van der Waals surface area contributed by atoms with Crippen LogP contribution in [0, 0.1) is 5.82 Å². The van der Waals surface area contributed by atoms with Crippen molar-refractivity contribution in [2.75, 3.05) is 19.7 Å². The van der Waals surface area contributed by atoms with Crippen LogP contribution in [-0.4, -0.2) is 49.2 Å². The van der Waals surface area contributed by atoms with Crippen molar-refractivity contribution in [3.63, 3.8) is 0 Å². The quantitative estimate of drug-likeness (QED) is 0.503. The average Bonchev–Trinajstić information content (AvgIpc) is 3.22. The third kappa shape index (κ3) is 6.75. The molecule has 32 heavy (non-hydrogen) atoms. The fourth-order valence-electron chi connectivity index (χ4n) is 2.72. The van der Waals surface area contributed by atoms with Gasteiger partial charge in [0.2, 0.25) is 0 Å². The van der Waals surface area contributed by atoms with Crippen LogP contribution in [0.4, 0.5) is 9.18 Å². The maximum atomic E-state index is 13.7. The van der Waals surface area contributed by atoms with Gasteiger partial charge in [-0.2, -0.15) is 0 Å². The number of hydrogen-bond donors (Lipinski definition) is 1. The van der Waals surface area contributed by atoms with Gasteiger partial charge in [0.15, 0.2) is 0 Å². The molecule has 0 saturated heterocycles. The molecule has 2 atom stereocenters. The highest BCUT2D eigenvalue weighted by atomic mass is 35.5. The van der Waals surface area contributed by atoms with Gasteiger partial charge in [-0.05, 0) is 39.0 Å². The van der Waals surface area contributed by atoms with Gasteiger partial charge in [-0.3, -0.25) is 0 Å². The van der Waals surface area contributed by atoms with E-state index >= 15 is 0 Å². The molecule has 0 aliphatic rings. The molecule has 1 unspecified atom stereocenters. The molecule has 0 bridgehead atoms. The number of halogens is 2. The van der Waals surface area contributed by atoms with Crippen LogP contribution in [0.3, 0.4) is 0 Å². The Morgan fingerprint density at radius 3 is 2.72 bits per heavy atom. The van der Waals surface area contributed by atoms with Crippen molar-refractivity contribution in [3.8, 4) is 5.69 Å². The first-order chi connectivity index (χ1) is 15.1. The summed E-state index contributed by atoms with van der Waals surface area (Å²) < 4.78 is 36.0. The maximum absolute atomic E-state index is 13.7. The second kappa shape index (κ2) is 11.4. The fourth-order valence-corrected chi connectivity index (χ4v) is 3.69. The summed E-state index contributed by atoms with van der Waals surface area (Å²) in [5, 5.41) is -0.0359. The molecule has 1 aromatic carbocycles. The lowest BCUT2D eigenvalue weighted by atomic mass is 10.2. The number of imidazole rings is 1. The molecular weight excluding hydrogens is 455 g/mol. The number of nitrogens with zero attached hydrogens (tertiary/aromatic N) is 3. The summed E-state index contributed by atoms with van der Waals surface area (Å²) >= 11 is 5.96. The lowest BCUT2D eigenvalue weighted by molar-refractivity contribution is 0.113. The summed E-state index contributed by atoms with van der Waals surface area (Å²) in [5.41, 5.74) is 0.571. The molecule has 1 N–H and O–H groups in total. The molecular formula is C22H28ClFN4O3S. The molecule has 1 amide bonds. The maximum Gasteiger partial charge on any atom is 0.410 e. The van der Waals surface area contributed by atoms with Crippen molar-refractivity contribution in [1.29, 1.82) is 0 Å². The third-order valence-electron chi connectivity index (χ3n) is 4.30. The second-order valence-corrected chi connectivity index (χ2v) is 10.3. The Balaban J connectivity index is 2.45. The Labute approximate surface area is 195 Å². The SMILES string of the molecule is C=CCOC(=O)N(CC=C)C[C@H](NS(=O)C(C)(C)C)c1nccn1-c1ccc(F)c(Cl)c1. The highest BCUT2D eigenvalue weighted by molar-refractivity contribution is 7.84. The van der Waals surface area contributed by atoms with E-state index in [0.717, 1.165) is 0 Å². The number of ether oxygens (including phenoxy) is 1. The molecule has 0 spiro atoms. The number of hydrogen-bond acceptors (Lipinski definition) is 4. The number of rotatable bonds is 10. The van der Waals surface area contributed by atoms with E-state index in [4.69, 9.17) is 16.3 Å². The van der Waals surface area contributed by atoms with Gasteiger partial charge in [-0.15, -0.1) is 6.58 Å². The first-order valence-electron chi connectivity index (χ1n) is 9.88. The predicted molar refractivity (Wildman–Crippen MR) is 126 cm³/mol. The minimum absolute atomic E-state index is 0.0359. The van der Waals surface area contributed by atoms with E-state index in [0.29, 0.717) is 11.5 Å². The van der Waals surface area contributed by atoms with E-state index < -0.39 is 33.7 Å². The van der Waals surface area contributed by atoms with Gasteiger partial charge in [0.1, 0.15) is 18.2 Å². The van der Waals surface area contributed by atoms with Crippen LogP contribution in [0.2, 0.25) is 5.02 Å². The van der Waals surface area contributed by atoms with Crippen LogP contribution in [0.5, 0.6) is 0 Å². The van der Waals surface area contributed by atoms with E-state index in [9.17, 15) is 13.4 Å². The van der Waals surface area contributed by atoms with Gasteiger partial charge >= 0.3 is 6.09 Å². The van der Waals surface area contributed by atoms with Crippen LogP contribution >= 0.6 is 11.6 Å². The van der Waals surface area contributed by atoms with Crippen LogP contribution < -0.4 is 4.72 Å². The molecule has 0 saturated carbocycles. The molecule has 1 aromatic heterocycles. The minimum atomic E-state index is -1.47.